The van der Waals surface area contributed by atoms with Gasteiger partial charge in [-0.15, -0.1) is 0 Å². The number of non-ortho nitro benzene ring substituents is 1. The normalized spacial score (nSPS) is 22.7. The van der Waals surface area contributed by atoms with E-state index in [2.05, 4.69) is 0 Å². The zero-order valence-electron chi connectivity index (χ0n) is 15.3. The number of phenolic OH excluding ortho intramolecular Hbond substituents is 1. The molecule has 2 unspecified atom stereocenters. The van der Waals surface area contributed by atoms with Crippen LogP contribution >= 0.6 is 0 Å². The number of hydrogen-bond acceptors (Lipinski definition) is 6. The number of benzene rings is 2. The molecule has 1 N–H and O–H groups in total. The van der Waals surface area contributed by atoms with Crippen molar-refractivity contribution in [1.29, 1.82) is 0 Å². The second-order valence-electron chi connectivity index (χ2n) is 7.50. The molecule has 0 fully saturated rings. The summed E-state index contributed by atoms with van der Waals surface area (Å²) in [6.07, 6.45) is 1.60. The summed E-state index contributed by atoms with van der Waals surface area (Å²) in [5, 5.41) is 21.9. The van der Waals surface area contributed by atoms with E-state index in [0.29, 0.717) is 41.8 Å². The van der Waals surface area contributed by atoms with Crippen LogP contribution in [-0.4, -0.2) is 27.3 Å². The molecule has 0 spiro atoms. The van der Waals surface area contributed by atoms with Gasteiger partial charge in [0.05, 0.1) is 16.6 Å². The predicted octanol–water partition coefficient (Wildman–Crippen LogP) is 3.71. The first-order valence-corrected chi connectivity index (χ1v) is 9.43. The zero-order chi connectivity index (χ0) is 20.3. The van der Waals surface area contributed by atoms with Crippen molar-refractivity contribution in [2.45, 2.75) is 25.2 Å². The van der Waals surface area contributed by atoms with Crippen molar-refractivity contribution in [1.82, 2.24) is 0 Å². The van der Waals surface area contributed by atoms with Crippen molar-refractivity contribution >= 4 is 23.0 Å². The number of phenols is 1. The molecule has 2 atom stereocenters. The quantitative estimate of drug-likeness (QED) is 0.623. The molecule has 3 aliphatic rings. The summed E-state index contributed by atoms with van der Waals surface area (Å²) < 4.78 is 0. The van der Waals surface area contributed by atoms with Gasteiger partial charge in [0.15, 0.2) is 11.6 Å². The monoisotopic (exact) mass is 388 g/mol. The van der Waals surface area contributed by atoms with E-state index in [1.807, 2.05) is 12.1 Å². The Morgan fingerprint density at radius 3 is 2.55 bits per heavy atom. The van der Waals surface area contributed by atoms with Gasteiger partial charge in [0.25, 0.3) is 5.69 Å². The first-order chi connectivity index (χ1) is 14.0. The van der Waals surface area contributed by atoms with Gasteiger partial charge in [-0.3, -0.25) is 24.7 Å². The van der Waals surface area contributed by atoms with E-state index in [-0.39, 0.29) is 28.6 Å². The second-order valence-corrected chi connectivity index (χ2v) is 7.50. The molecule has 0 aromatic heterocycles. The molecular weight excluding hydrogens is 372 g/mol. The molecule has 0 amide bonds. The minimum absolute atomic E-state index is 0.117. The van der Waals surface area contributed by atoms with Crippen molar-refractivity contribution < 1.29 is 19.6 Å². The minimum Gasteiger partial charge on any atom is -0.508 e. The van der Waals surface area contributed by atoms with Gasteiger partial charge in [-0.25, -0.2) is 0 Å². The molecule has 1 aliphatic heterocycles. The number of Topliss-reactive ketones (excluding diaryl/α,β-unsaturated/α-hetero) is 2. The van der Waals surface area contributed by atoms with Crippen LogP contribution < -0.4 is 0 Å². The van der Waals surface area contributed by atoms with Gasteiger partial charge < -0.3 is 5.11 Å². The van der Waals surface area contributed by atoms with Crippen molar-refractivity contribution in [3.05, 3.63) is 80.5 Å². The highest BCUT2D eigenvalue weighted by Crippen LogP contribution is 2.50. The summed E-state index contributed by atoms with van der Waals surface area (Å²) >= 11 is 0. The Morgan fingerprint density at radius 1 is 1.03 bits per heavy atom. The van der Waals surface area contributed by atoms with Gasteiger partial charge in [-0.1, -0.05) is 24.3 Å². The number of aromatic hydroxyl groups is 1. The van der Waals surface area contributed by atoms with Crippen molar-refractivity contribution in [2.24, 2.45) is 10.9 Å². The summed E-state index contributed by atoms with van der Waals surface area (Å²) in [6.45, 7) is 0. The van der Waals surface area contributed by atoms with Gasteiger partial charge in [-0.05, 0) is 18.9 Å². The molecule has 5 rings (SSSR count). The summed E-state index contributed by atoms with van der Waals surface area (Å²) in [6, 6.07) is 10.9. The average molecular weight is 388 g/mol. The highest BCUT2D eigenvalue weighted by atomic mass is 16.6. The van der Waals surface area contributed by atoms with Crippen LogP contribution in [0.5, 0.6) is 5.75 Å². The van der Waals surface area contributed by atoms with Crippen LogP contribution in [0.2, 0.25) is 0 Å². The molecule has 7 nitrogen and oxygen atoms in total. The smallest absolute Gasteiger partial charge is 0.269 e. The number of rotatable bonds is 2. The standard InChI is InChI=1S/C22H16N2O5/c25-16-9-8-11(24(28)29)10-14(16)18-19-15(6-3-7-17(19)26)23-21-12-4-1-2-5-13(12)22(27)20(18)21/h1-2,4-5,8-10,18,20,25H,3,6-7H2. The molecule has 7 heteroatoms. The fraction of sp³-hybridized carbons (Fsp3) is 0.227. The number of nitro groups is 1. The third kappa shape index (κ3) is 2.47. The van der Waals surface area contributed by atoms with Crippen LogP contribution in [0, 0.1) is 16.0 Å². The number of hydrogen-bond donors (Lipinski definition) is 1. The van der Waals surface area contributed by atoms with E-state index in [4.69, 9.17) is 4.99 Å². The SMILES string of the molecule is O=C1CCCC2=C1C(c1cc([N+](=O)[O-])ccc1O)C1C(=O)c3ccccc3C1=N2. The molecule has 2 aliphatic carbocycles. The number of carbonyl (C=O) groups excluding carboxylic acids is 2. The summed E-state index contributed by atoms with van der Waals surface area (Å²) in [5.41, 5.74) is 2.88. The third-order valence-corrected chi connectivity index (χ3v) is 5.93. The number of nitro benzene ring substituents is 1. The number of allylic oxidation sites excluding steroid dienone is 2. The Morgan fingerprint density at radius 2 is 1.79 bits per heavy atom. The van der Waals surface area contributed by atoms with E-state index in [1.165, 1.54) is 18.2 Å². The van der Waals surface area contributed by atoms with Crippen molar-refractivity contribution in [2.75, 3.05) is 0 Å². The average Bonchev–Trinajstić information content (AvgIpc) is 2.99. The molecule has 2 aromatic rings. The lowest BCUT2D eigenvalue weighted by molar-refractivity contribution is -0.385. The van der Waals surface area contributed by atoms with Crippen LogP contribution in [0.3, 0.4) is 0 Å². The van der Waals surface area contributed by atoms with Gasteiger partial charge >= 0.3 is 0 Å². The largest absolute Gasteiger partial charge is 0.508 e. The maximum absolute atomic E-state index is 13.3. The molecule has 0 radical (unpaired) electrons. The Bertz CT molecular complexity index is 1180. The highest BCUT2D eigenvalue weighted by Gasteiger charge is 2.49. The summed E-state index contributed by atoms with van der Waals surface area (Å²) in [5.74, 6) is -2.03. The van der Waals surface area contributed by atoms with E-state index in [0.717, 1.165) is 5.56 Å². The first-order valence-electron chi connectivity index (χ1n) is 9.43. The lowest BCUT2D eigenvalue weighted by Crippen LogP contribution is -2.33. The molecular formula is C22H16N2O5. The summed E-state index contributed by atoms with van der Waals surface area (Å²) in [7, 11) is 0. The van der Waals surface area contributed by atoms with E-state index in [9.17, 15) is 24.8 Å². The minimum atomic E-state index is -0.787. The Labute approximate surface area is 165 Å². The van der Waals surface area contributed by atoms with E-state index < -0.39 is 16.8 Å². The molecule has 2 aromatic carbocycles. The molecule has 0 saturated heterocycles. The molecule has 1 heterocycles. The number of carbonyl (C=O) groups is 2. The molecule has 0 saturated carbocycles. The summed E-state index contributed by atoms with van der Waals surface area (Å²) in [4.78, 5) is 41.6. The fourth-order valence-corrected chi connectivity index (χ4v) is 4.69. The van der Waals surface area contributed by atoms with Gasteiger partial charge in [0.1, 0.15) is 5.75 Å². The van der Waals surface area contributed by atoms with E-state index in [1.54, 1.807) is 12.1 Å². The van der Waals surface area contributed by atoms with E-state index >= 15 is 0 Å². The predicted molar refractivity (Wildman–Crippen MR) is 104 cm³/mol. The lowest BCUT2D eigenvalue weighted by atomic mass is 9.71. The number of ketones is 2. The first kappa shape index (κ1) is 17.5. The maximum atomic E-state index is 13.3. The van der Waals surface area contributed by atoms with Gasteiger partial charge in [-0.2, -0.15) is 0 Å². The number of aliphatic imine (C=N–C) groups is 1. The zero-order valence-corrected chi connectivity index (χ0v) is 15.3. The number of nitrogens with zero attached hydrogens (tertiary/aromatic N) is 2. The van der Waals surface area contributed by atoms with Gasteiger partial charge in [0, 0.05) is 52.4 Å². The fourth-order valence-electron chi connectivity index (χ4n) is 4.69. The van der Waals surface area contributed by atoms with Crippen LogP contribution in [-0.2, 0) is 4.79 Å². The van der Waals surface area contributed by atoms with Crippen molar-refractivity contribution in [3.8, 4) is 5.75 Å². The Kier molecular flexibility index (Phi) is 3.74. The Balaban J connectivity index is 1.79. The maximum Gasteiger partial charge on any atom is 0.269 e. The molecule has 144 valence electrons. The topological polar surface area (TPSA) is 110 Å². The highest BCUT2D eigenvalue weighted by molar-refractivity contribution is 6.30. The van der Waals surface area contributed by atoms with Crippen LogP contribution in [0.25, 0.3) is 0 Å². The van der Waals surface area contributed by atoms with Crippen LogP contribution in [0.1, 0.15) is 46.7 Å². The number of fused-ring (bicyclic) bond motifs is 3. The van der Waals surface area contributed by atoms with Crippen LogP contribution in [0.4, 0.5) is 5.69 Å². The molecule has 0 bridgehead atoms. The van der Waals surface area contributed by atoms with Crippen molar-refractivity contribution in [3.63, 3.8) is 0 Å². The van der Waals surface area contributed by atoms with Gasteiger partial charge in [0.2, 0.25) is 0 Å². The second kappa shape index (κ2) is 6.20. The third-order valence-electron chi connectivity index (χ3n) is 5.93. The van der Waals surface area contributed by atoms with Crippen LogP contribution in [0.15, 0.2) is 58.7 Å². The molecule has 29 heavy (non-hydrogen) atoms. The Hall–Kier alpha value is -3.61. The lowest BCUT2D eigenvalue weighted by Gasteiger charge is -2.33.